The van der Waals surface area contributed by atoms with Crippen LogP contribution >= 0.6 is 0 Å². The quantitative estimate of drug-likeness (QED) is 0.347. The highest BCUT2D eigenvalue weighted by Crippen LogP contribution is 2.38. The zero-order valence-electron chi connectivity index (χ0n) is 19.5. The number of hydrogen-bond acceptors (Lipinski definition) is 4. The lowest BCUT2D eigenvalue weighted by molar-refractivity contribution is -0.115. The van der Waals surface area contributed by atoms with E-state index in [1.807, 2.05) is 37.3 Å². The fourth-order valence-corrected chi connectivity index (χ4v) is 5.59. The predicted molar refractivity (Wildman–Crippen MR) is 135 cm³/mol. The van der Waals surface area contributed by atoms with Crippen molar-refractivity contribution >= 4 is 27.1 Å². The summed E-state index contributed by atoms with van der Waals surface area (Å²) < 4.78 is 27.3. The number of aromatic nitrogens is 1. The third-order valence-corrected chi connectivity index (χ3v) is 7.93. The van der Waals surface area contributed by atoms with Gasteiger partial charge < -0.3 is 5.11 Å². The van der Waals surface area contributed by atoms with E-state index in [-0.39, 0.29) is 22.0 Å². The SMILES string of the molecule is CCC1=C(c2ccccc2)C(=C(O)c2ccn(S(=O)(=O)c3ccc(C)cc3)c2)C(=O)CCCC1. The molecule has 1 heterocycles. The maximum Gasteiger partial charge on any atom is 0.267 e. The molecule has 0 spiro atoms. The summed E-state index contributed by atoms with van der Waals surface area (Å²) in [6, 6.07) is 17.8. The van der Waals surface area contributed by atoms with Gasteiger partial charge >= 0.3 is 0 Å². The summed E-state index contributed by atoms with van der Waals surface area (Å²) in [6.45, 7) is 3.95. The van der Waals surface area contributed by atoms with Crippen molar-refractivity contribution in [3.8, 4) is 0 Å². The van der Waals surface area contributed by atoms with Gasteiger partial charge in [-0.15, -0.1) is 0 Å². The molecular formula is C28H29NO4S. The first-order valence-corrected chi connectivity index (χ1v) is 13.0. The largest absolute Gasteiger partial charge is 0.506 e. The van der Waals surface area contributed by atoms with Gasteiger partial charge in [-0.05, 0) is 61.9 Å². The topological polar surface area (TPSA) is 76.4 Å². The van der Waals surface area contributed by atoms with Crippen molar-refractivity contribution in [3.63, 3.8) is 0 Å². The van der Waals surface area contributed by atoms with E-state index in [9.17, 15) is 18.3 Å². The molecule has 0 atom stereocenters. The maximum absolute atomic E-state index is 13.3. The molecule has 6 heteroatoms. The second-order valence-corrected chi connectivity index (χ2v) is 10.4. The lowest BCUT2D eigenvalue weighted by Crippen LogP contribution is -2.13. The van der Waals surface area contributed by atoms with Gasteiger partial charge in [0.05, 0.1) is 10.5 Å². The van der Waals surface area contributed by atoms with E-state index in [1.54, 1.807) is 24.3 Å². The van der Waals surface area contributed by atoms with E-state index >= 15 is 0 Å². The molecule has 5 nitrogen and oxygen atoms in total. The van der Waals surface area contributed by atoms with Crippen molar-refractivity contribution in [3.05, 3.63) is 101 Å². The Hall–Kier alpha value is -3.38. The monoisotopic (exact) mass is 475 g/mol. The van der Waals surface area contributed by atoms with Crippen LogP contribution in [0.1, 0.15) is 55.7 Å². The number of hydrogen-bond donors (Lipinski definition) is 1. The van der Waals surface area contributed by atoms with E-state index in [0.717, 1.165) is 51.9 Å². The van der Waals surface area contributed by atoms with Crippen molar-refractivity contribution in [2.75, 3.05) is 0 Å². The highest BCUT2D eigenvalue weighted by molar-refractivity contribution is 7.90. The minimum absolute atomic E-state index is 0.129. The van der Waals surface area contributed by atoms with E-state index in [0.29, 0.717) is 12.0 Å². The highest BCUT2D eigenvalue weighted by Gasteiger charge is 2.27. The van der Waals surface area contributed by atoms with Gasteiger partial charge in [-0.1, -0.05) is 60.5 Å². The first kappa shape index (κ1) is 23.8. The minimum Gasteiger partial charge on any atom is -0.506 e. The number of Topliss-reactive ketones (excluding diaryl/α,β-unsaturated/α-hetero) is 1. The summed E-state index contributed by atoms with van der Waals surface area (Å²) in [6.07, 6.45) is 6.41. The van der Waals surface area contributed by atoms with Gasteiger partial charge in [-0.2, -0.15) is 0 Å². The summed E-state index contributed by atoms with van der Waals surface area (Å²) in [5, 5.41) is 11.4. The summed E-state index contributed by atoms with van der Waals surface area (Å²) in [4.78, 5) is 13.5. The van der Waals surface area contributed by atoms with Crippen molar-refractivity contribution < 1.29 is 18.3 Å². The lowest BCUT2D eigenvalue weighted by Gasteiger charge is -2.21. The number of nitrogens with zero attached hydrogens (tertiary/aromatic N) is 1. The zero-order chi connectivity index (χ0) is 24.3. The molecular weight excluding hydrogens is 446 g/mol. The van der Waals surface area contributed by atoms with Crippen LogP contribution in [-0.4, -0.2) is 23.3 Å². The molecule has 1 aliphatic carbocycles. The van der Waals surface area contributed by atoms with Crippen LogP contribution in [0, 0.1) is 6.92 Å². The number of aryl methyl sites for hydroxylation is 1. The number of allylic oxidation sites excluding steroid dienone is 3. The molecule has 1 N–H and O–H groups in total. The van der Waals surface area contributed by atoms with Crippen LogP contribution < -0.4 is 0 Å². The van der Waals surface area contributed by atoms with Crippen molar-refractivity contribution in [2.24, 2.45) is 0 Å². The Morgan fingerprint density at radius 3 is 2.32 bits per heavy atom. The fourth-order valence-electron chi connectivity index (χ4n) is 4.39. The van der Waals surface area contributed by atoms with Gasteiger partial charge in [0.2, 0.25) is 0 Å². The average molecular weight is 476 g/mol. The van der Waals surface area contributed by atoms with E-state index in [1.165, 1.54) is 18.5 Å². The first-order valence-electron chi connectivity index (χ1n) is 11.6. The molecule has 1 aromatic heterocycles. The number of rotatable bonds is 5. The zero-order valence-corrected chi connectivity index (χ0v) is 20.3. The number of benzene rings is 2. The smallest absolute Gasteiger partial charge is 0.267 e. The molecule has 1 aliphatic rings. The molecule has 0 aliphatic heterocycles. The molecule has 0 bridgehead atoms. The minimum atomic E-state index is -3.82. The molecule has 3 aromatic rings. The average Bonchev–Trinajstić information content (AvgIpc) is 3.34. The van der Waals surface area contributed by atoms with Gasteiger partial charge in [0.25, 0.3) is 10.0 Å². The maximum atomic E-state index is 13.3. The van der Waals surface area contributed by atoms with E-state index in [2.05, 4.69) is 6.92 Å². The second-order valence-electron chi connectivity index (χ2n) is 8.60. The second kappa shape index (κ2) is 9.85. The molecule has 0 saturated carbocycles. The van der Waals surface area contributed by atoms with Gasteiger partial charge in [0.15, 0.2) is 5.78 Å². The van der Waals surface area contributed by atoms with Gasteiger partial charge in [0.1, 0.15) is 5.76 Å². The van der Waals surface area contributed by atoms with Crippen LogP contribution in [0.15, 0.2) is 89.1 Å². The van der Waals surface area contributed by atoms with E-state index < -0.39 is 10.0 Å². The summed E-state index contributed by atoms with van der Waals surface area (Å²) in [7, 11) is -3.82. The van der Waals surface area contributed by atoms with Crippen molar-refractivity contribution in [1.29, 1.82) is 0 Å². The Morgan fingerprint density at radius 1 is 0.971 bits per heavy atom. The molecule has 0 radical (unpaired) electrons. The molecule has 0 fully saturated rings. The standard InChI is InChI=1S/C28H29NO4S/c1-3-21-9-7-8-12-25(30)27(26(21)22-10-5-4-6-11-22)28(31)23-17-18-29(19-23)34(32,33)24-15-13-20(2)14-16-24/h4-6,10-11,13-19,31H,3,7-9,12H2,1-2H3. The highest BCUT2D eigenvalue weighted by atomic mass is 32.2. The molecule has 0 amide bonds. The molecule has 2 aromatic carbocycles. The third kappa shape index (κ3) is 4.64. The molecule has 4 rings (SSSR count). The van der Waals surface area contributed by atoms with Gasteiger partial charge in [-0.3, -0.25) is 4.79 Å². The number of carbonyl (C=O) groups is 1. The Bertz CT molecular complexity index is 1360. The first-order chi connectivity index (χ1) is 16.3. The summed E-state index contributed by atoms with van der Waals surface area (Å²) in [5.74, 6) is -0.314. The van der Waals surface area contributed by atoms with Crippen LogP contribution in [0.5, 0.6) is 0 Å². The predicted octanol–water partition coefficient (Wildman–Crippen LogP) is 6.31. The molecule has 34 heavy (non-hydrogen) atoms. The molecule has 0 unspecified atom stereocenters. The molecule has 0 saturated heterocycles. The van der Waals surface area contributed by atoms with Crippen LogP contribution in [0.25, 0.3) is 11.3 Å². The Kier molecular flexibility index (Phi) is 6.89. The number of ketones is 1. The Morgan fingerprint density at radius 2 is 1.65 bits per heavy atom. The summed E-state index contributed by atoms with van der Waals surface area (Å²) in [5.41, 5.74) is 4.29. The normalized spacial score (nSPS) is 16.8. The fraction of sp³-hybridized carbons (Fsp3) is 0.250. The Balaban J connectivity index is 1.87. The number of aliphatic hydroxyl groups is 1. The number of aliphatic hydroxyl groups excluding tert-OH is 1. The summed E-state index contributed by atoms with van der Waals surface area (Å²) >= 11 is 0. The van der Waals surface area contributed by atoms with Gasteiger partial charge in [-0.25, -0.2) is 12.4 Å². The Labute approximate surface area is 201 Å². The lowest BCUT2D eigenvalue weighted by atomic mass is 9.82. The van der Waals surface area contributed by atoms with Crippen LogP contribution in [0.4, 0.5) is 0 Å². The van der Waals surface area contributed by atoms with Crippen LogP contribution in [-0.2, 0) is 14.8 Å². The van der Waals surface area contributed by atoms with Crippen molar-refractivity contribution in [1.82, 2.24) is 3.97 Å². The third-order valence-electron chi connectivity index (χ3n) is 6.28. The van der Waals surface area contributed by atoms with Crippen LogP contribution in [0.3, 0.4) is 0 Å². The van der Waals surface area contributed by atoms with Crippen LogP contribution in [0.2, 0.25) is 0 Å². The number of carbonyl (C=O) groups excluding carboxylic acids is 1. The van der Waals surface area contributed by atoms with E-state index in [4.69, 9.17) is 0 Å². The molecule has 176 valence electrons. The van der Waals surface area contributed by atoms with Gasteiger partial charge in [0, 0.05) is 24.4 Å². The van der Waals surface area contributed by atoms with Crippen molar-refractivity contribution in [2.45, 2.75) is 50.8 Å².